The van der Waals surface area contributed by atoms with Gasteiger partial charge in [-0.15, -0.1) is 6.42 Å². The van der Waals surface area contributed by atoms with E-state index < -0.39 is 0 Å². The molecule has 6 heteroatoms. The normalized spacial score (nSPS) is 10.7. The number of carbonyl (C=O) groups excluding carboxylic acids is 1. The summed E-state index contributed by atoms with van der Waals surface area (Å²) in [7, 11) is 0. The van der Waals surface area contributed by atoms with E-state index in [2.05, 4.69) is 15.9 Å². The van der Waals surface area contributed by atoms with E-state index in [9.17, 15) is 4.79 Å². The van der Waals surface area contributed by atoms with Crippen molar-refractivity contribution >= 4 is 34.3 Å². The molecule has 148 valence electrons. The van der Waals surface area contributed by atoms with E-state index in [0.29, 0.717) is 28.8 Å². The molecule has 0 N–H and O–H groups in total. The number of nitrogens with zero attached hydrogens (tertiary/aromatic N) is 3. The molecule has 5 nitrogen and oxygen atoms in total. The summed E-state index contributed by atoms with van der Waals surface area (Å²) in [5.74, 6) is 3.26. The zero-order chi connectivity index (χ0) is 20.9. The number of rotatable bonds is 6. The third kappa shape index (κ3) is 3.93. The molecule has 1 amide bonds. The zero-order valence-corrected chi connectivity index (χ0v) is 17.2. The fourth-order valence-electron chi connectivity index (χ4n) is 3.24. The van der Waals surface area contributed by atoms with Crippen molar-refractivity contribution < 1.29 is 9.21 Å². The van der Waals surface area contributed by atoms with Crippen LogP contribution in [-0.2, 0) is 5.75 Å². The number of amides is 1. The van der Waals surface area contributed by atoms with Crippen molar-refractivity contribution in [1.82, 2.24) is 9.97 Å². The number of thioether (sulfide) groups is 1. The van der Waals surface area contributed by atoms with Gasteiger partial charge in [-0.05, 0) is 37.3 Å². The molecular weight excluding hydrogens is 394 g/mol. The van der Waals surface area contributed by atoms with E-state index in [0.717, 1.165) is 22.2 Å². The van der Waals surface area contributed by atoms with Gasteiger partial charge in [0.15, 0.2) is 10.9 Å². The highest BCUT2D eigenvalue weighted by Gasteiger charge is 2.25. The summed E-state index contributed by atoms with van der Waals surface area (Å²) in [6.45, 7) is 2.41. The van der Waals surface area contributed by atoms with Gasteiger partial charge in [-0.2, -0.15) is 0 Å². The molecule has 0 spiro atoms. The van der Waals surface area contributed by atoms with Gasteiger partial charge in [0.2, 0.25) is 0 Å². The minimum Gasteiger partial charge on any atom is -0.451 e. The molecule has 4 rings (SSSR count). The van der Waals surface area contributed by atoms with Gasteiger partial charge in [0, 0.05) is 46.9 Å². The highest BCUT2D eigenvalue weighted by atomic mass is 32.2. The van der Waals surface area contributed by atoms with Crippen molar-refractivity contribution in [2.24, 2.45) is 0 Å². The number of hydrogen-bond acceptors (Lipinski definition) is 5. The maximum Gasteiger partial charge on any atom is 0.294 e. The van der Waals surface area contributed by atoms with Gasteiger partial charge in [-0.3, -0.25) is 4.79 Å². The maximum atomic E-state index is 13.5. The Hall–Kier alpha value is -3.56. The molecule has 0 saturated heterocycles. The standard InChI is InChI=1S/C24H19N3O2S/c1-3-17-9-7-10-18(15-17)27(4-2)23(28)22-20(16-30-24-25-13-8-14-26-24)19-11-5-6-12-21(19)29-22/h1,5-15H,4,16H2,2H3. The quantitative estimate of drug-likeness (QED) is 0.248. The number of terminal acetylenes is 1. The van der Waals surface area contributed by atoms with Crippen LogP contribution in [0.3, 0.4) is 0 Å². The fourth-order valence-corrected chi connectivity index (χ4v) is 4.07. The van der Waals surface area contributed by atoms with E-state index >= 15 is 0 Å². The first kappa shape index (κ1) is 19.7. The molecule has 2 aromatic heterocycles. The van der Waals surface area contributed by atoms with Crippen LogP contribution in [0.25, 0.3) is 11.0 Å². The van der Waals surface area contributed by atoms with Gasteiger partial charge >= 0.3 is 0 Å². The summed E-state index contributed by atoms with van der Waals surface area (Å²) in [4.78, 5) is 23.7. The number of anilines is 1. The van der Waals surface area contributed by atoms with E-state index in [1.54, 1.807) is 23.4 Å². The Kier molecular flexibility index (Phi) is 5.82. The number of carbonyl (C=O) groups is 1. The minimum atomic E-state index is -0.201. The second kappa shape index (κ2) is 8.85. The smallest absolute Gasteiger partial charge is 0.294 e. The number of aromatic nitrogens is 2. The van der Waals surface area contributed by atoms with Crippen LogP contribution in [0.2, 0.25) is 0 Å². The van der Waals surface area contributed by atoms with Gasteiger partial charge in [-0.1, -0.05) is 41.9 Å². The lowest BCUT2D eigenvalue weighted by Gasteiger charge is -2.20. The minimum absolute atomic E-state index is 0.201. The third-order valence-electron chi connectivity index (χ3n) is 4.67. The molecule has 0 aliphatic heterocycles. The van der Waals surface area contributed by atoms with Crippen LogP contribution in [0.5, 0.6) is 0 Å². The Labute approximate surface area is 179 Å². The predicted octanol–water partition coefficient (Wildman–Crippen LogP) is 5.16. The lowest BCUT2D eigenvalue weighted by atomic mass is 10.1. The monoisotopic (exact) mass is 413 g/mol. The Bertz CT molecular complexity index is 1230. The number of fused-ring (bicyclic) bond motifs is 1. The summed E-state index contributed by atoms with van der Waals surface area (Å²) in [6, 6.07) is 16.8. The summed E-state index contributed by atoms with van der Waals surface area (Å²) in [5.41, 5.74) is 2.97. The van der Waals surface area contributed by atoms with Crippen molar-refractivity contribution in [3.05, 3.63) is 83.9 Å². The van der Waals surface area contributed by atoms with E-state index in [4.69, 9.17) is 10.8 Å². The topological polar surface area (TPSA) is 59.2 Å². The van der Waals surface area contributed by atoms with Crippen molar-refractivity contribution in [2.45, 2.75) is 17.8 Å². The fraction of sp³-hybridized carbons (Fsp3) is 0.125. The van der Waals surface area contributed by atoms with Crippen molar-refractivity contribution in [1.29, 1.82) is 0 Å². The number of hydrogen-bond donors (Lipinski definition) is 0. The highest BCUT2D eigenvalue weighted by molar-refractivity contribution is 7.98. The lowest BCUT2D eigenvalue weighted by Crippen LogP contribution is -2.31. The SMILES string of the molecule is C#Cc1cccc(N(CC)C(=O)c2oc3ccccc3c2CSc2ncccn2)c1. The zero-order valence-electron chi connectivity index (χ0n) is 16.4. The average Bonchev–Trinajstić information content (AvgIpc) is 3.17. The second-order valence-electron chi connectivity index (χ2n) is 6.47. The maximum absolute atomic E-state index is 13.5. The van der Waals surface area contributed by atoms with Gasteiger partial charge in [-0.25, -0.2) is 9.97 Å². The molecule has 2 aromatic carbocycles. The van der Waals surface area contributed by atoms with Crippen LogP contribution in [0, 0.1) is 12.3 Å². The summed E-state index contributed by atoms with van der Waals surface area (Å²) >= 11 is 1.47. The Morgan fingerprint density at radius 1 is 1.13 bits per heavy atom. The third-order valence-corrected chi connectivity index (χ3v) is 5.57. The summed E-state index contributed by atoms with van der Waals surface area (Å²) < 4.78 is 6.02. The summed E-state index contributed by atoms with van der Waals surface area (Å²) in [5, 5.41) is 1.56. The second-order valence-corrected chi connectivity index (χ2v) is 7.41. The van der Waals surface area contributed by atoms with Crippen LogP contribution >= 0.6 is 11.8 Å². The van der Waals surface area contributed by atoms with Crippen LogP contribution in [0.4, 0.5) is 5.69 Å². The highest BCUT2D eigenvalue weighted by Crippen LogP contribution is 2.32. The van der Waals surface area contributed by atoms with Crippen LogP contribution in [0.1, 0.15) is 28.6 Å². The van der Waals surface area contributed by atoms with E-state index in [-0.39, 0.29) is 5.91 Å². The summed E-state index contributed by atoms with van der Waals surface area (Å²) in [6.07, 6.45) is 8.93. The Morgan fingerprint density at radius 2 is 1.93 bits per heavy atom. The molecule has 4 aromatic rings. The molecule has 0 unspecified atom stereocenters. The van der Waals surface area contributed by atoms with E-state index in [1.807, 2.05) is 55.5 Å². The average molecular weight is 414 g/mol. The molecule has 0 saturated carbocycles. The number of benzene rings is 2. The van der Waals surface area contributed by atoms with Crippen LogP contribution < -0.4 is 4.90 Å². The van der Waals surface area contributed by atoms with Crippen molar-refractivity contribution in [3.8, 4) is 12.3 Å². The Morgan fingerprint density at radius 3 is 2.70 bits per heavy atom. The first-order valence-corrected chi connectivity index (χ1v) is 10.5. The first-order chi connectivity index (χ1) is 14.7. The first-order valence-electron chi connectivity index (χ1n) is 9.50. The van der Waals surface area contributed by atoms with Gasteiger partial charge in [0.25, 0.3) is 5.91 Å². The lowest BCUT2D eigenvalue weighted by molar-refractivity contribution is 0.0963. The largest absolute Gasteiger partial charge is 0.451 e. The van der Waals surface area contributed by atoms with E-state index in [1.165, 1.54) is 11.8 Å². The number of para-hydroxylation sites is 1. The molecule has 0 bridgehead atoms. The molecule has 0 atom stereocenters. The molecular formula is C24H19N3O2S. The van der Waals surface area contributed by atoms with Crippen LogP contribution in [0.15, 0.2) is 76.6 Å². The molecule has 0 fully saturated rings. The molecule has 0 aliphatic rings. The number of furan rings is 1. The van der Waals surface area contributed by atoms with Crippen LogP contribution in [-0.4, -0.2) is 22.4 Å². The molecule has 0 aliphatic carbocycles. The van der Waals surface area contributed by atoms with Crippen molar-refractivity contribution in [3.63, 3.8) is 0 Å². The molecule has 2 heterocycles. The van der Waals surface area contributed by atoms with Crippen molar-refractivity contribution in [2.75, 3.05) is 11.4 Å². The van der Waals surface area contributed by atoms with Gasteiger partial charge in [0.05, 0.1) is 0 Å². The molecule has 0 radical (unpaired) electrons. The predicted molar refractivity (Wildman–Crippen MR) is 120 cm³/mol. The molecule has 30 heavy (non-hydrogen) atoms. The van der Waals surface area contributed by atoms with Gasteiger partial charge in [0.1, 0.15) is 5.58 Å². The Balaban J connectivity index is 1.73. The van der Waals surface area contributed by atoms with Gasteiger partial charge < -0.3 is 9.32 Å².